The van der Waals surface area contributed by atoms with Gasteiger partial charge in [0.25, 0.3) is 5.91 Å². The van der Waals surface area contributed by atoms with Crippen LogP contribution in [0, 0.1) is 0 Å². The summed E-state index contributed by atoms with van der Waals surface area (Å²) in [5.74, 6) is 0.0865. The molecule has 0 saturated carbocycles. The van der Waals surface area contributed by atoms with Crippen LogP contribution in [0.4, 0.5) is 5.69 Å². The van der Waals surface area contributed by atoms with Gasteiger partial charge in [-0.3, -0.25) is 9.59 Å². The van der Waals surface area contributed by atoms with Crippen LogP contribution in [-0.2, 0) is 9.53 Å². The lowest BCUT2D eigenvalue weighted by Gasteiger charge is -2.41. The fourth-order valence-electron chi connectivity index (χ4n) is 4.25. The molecule has 3 aromatic rings. The maximum atomic E-state index is 13.9. The predicted molar refractivity (Wildman–Crippen MR) is 127 cm³/mol. The van der Waals surface area contributed by atoms with E-state index in [1.807, 2.05) is 29.6 Å². The van der Waals surface area contributed by atoms with Gasteiger partial charge in [0, 0.05) is 41.4 Å². The van der Waals surface area contributed by atoms with Crippen molar-refractivity contribution in [3.63, 3.8) is 0 Å². The molecule has 0 fully saturated rings. The molecule has 2 amide bonds. The molecule has 33 heavy (non-hydrogen) atoms. The molecule has 0 bridgehead atoms. The van der Waals surface area contributed by atoms with Crippen molar-refractivity contribution in [3.05, 3.63) is 76.0 Å². The number of hydrogen-bond acceptors (Lipinski definition) is 6. The van der Waals surface area contributed by atoms with E-state index in [9.17, 15) is 9.59 Å². The van der Waals surface area contributed by atoms with Crippen molar-refractivity contribution in [1.82, 2.24) is 4.90 Å². The van der Waals surface area contributed by atoms with Gasteiger partial charge in [-0.2, -0.15) is 0 Å². The van der Waals surface area contributed by atoms with Gasteiger partial charge in [-0.15, -0.1) is 11.3 Å². The summed E-state index contributed by atoms with van der Waals surface area (Å²) in [7, 11) is 4.72. The monoisotopic (exact) mass is 466 g/mol. The van der Waals surface area contributed by atoms with Crippen LogP contribution in [0.15, 0.2) is 60.0 Å². The van der Waals surface area contributed by atoms with Gasteiger partial charge in [-0.1, -0.05) is 18.2 Å². The van der Waals surface area contributed by atoms with Crippen molar-refractivity contribution < 1.29 is 23.8 Å². The predicted octanol–water partition coefficient (Wildman–Crippen LogP) is 4.33. The van der Waals surface area contributed by atoms with Crippen molar-refractivity contribution >= 4 is 28.8 Å². The van der Waals surface area contributed by atoms with Crippen molar-refractivity contribution in [1.29, 1.82) is 0 Å². The SMILES string of the molecule is COCCN1C(=O)c2cccc(OC)c2C(C(=O)Nc2cccc(OC)c2)C1c1cccs1. The normalized spacial score (nSPS) is 17.4. The first kappa shape index (κ1) is 22.8. The first-order chi connectivity index (χ1) is 16.1. The van der Waals surface area contributed by atoms with Crippen LogP contribution in [0.2, 0.25) is 0 Å². The molecule has 2 heterocycles. The molecular formula is C25H26N2O5S. The van der Waals surface area contributed by atoms with Crippen LogP contribution in [-0.4, -0.2) is 51.2 Å². The third-order valence-electron chi connectivity index (χ3n) is 5.73. The third-order valence-corrected chi connectivity index (χ3v) is 6.67. The molecule has 0 spiro atoms. The summed E-state index contributed by atoms with van der Waals surface area (Å²) >= 11 is 1.51. The summed E-state index contributed by atoms with van der Waals surface area (Å²) in [4.78, 5) is 30.1. The van der Waals surface area contributed by atoms with Crippen molar-refractivity contribution in [3.8, 4) is 11.5 Å². The average molecular weight is 467 g/mol. The van der Waals surface area contributed by atoms with Gasteiger partial charge in [-0.25, -0.2) is 0 Å². The Balaban J connectivity index is 1.85. The summed E-state index contributed by atoms with van der Waals surface area (Å²) in [5.41, 5.74) is 1.67. The van der Waals surface area contributed by atoms with Gasteiger partial charge in [0.1, 0.15) is 11.5 Å². The lowest BCUT2D eigenvalue weighted by molar-refractivity contribution is -0.119. The Morgan fingerprint density at radius 3 is 2.58 bits per heavy atom. The van der Waals surface area contributed by atoms with E-state index >= 15 is 0 Å². The summed E-state index contributed by atoms with van der Waals surface area (Å²) < 4.78 is 16.2. The van der Waals surface area contributed by atoms with Crippen LogP contribution >= 0.6 is 11.3 Å². The van der Waals surface area contributed by atoms with E-state index in [-0.39, 0.29) is 11.8 Å². The standard InChI is InChI=1S/C25H26N2O5S/c1-30-13-12-27-23(20-11-6-14-33-20)22(21-18(25(27)29)9-5-10-19(21)32-3)24(28)26-16-7-4-8-17(15-16)31-2/h4-11,14-15,22-23H,12-13H2,1-3H3,(H,26,28). The highest BCUT2D eigenvalue weighted by molar-refractivity contribution is 7.10. The summed E-state index contributed by atoms with van der Waals surface area (Å²) in [6.07, 6.45) is 0. The molecule has 0 radical (unpaired) electrons. The number of thiophene rings is 1. The number of carbonyl (C=O) groups excluding carboxylic acids is 2. The second-order valence-corrected chi connectivity index (χ2v) is 8.55. The largest absolute Gasteiger partial charge is 0.497 e. The zero-order valence-corrected chi connectivity index (χ0v) is 19.6. The molecule has 172 valence electrons. The molecule has 1 N–H and O–H groups in total. The lowest BCUT2D eigenvalue weighted by Crippen LogP contribution is -2.47. The van der Waals surface area contributed by atoms with Crippen molar-refractivity contribution in [2.24, 2.45) is 0 Å². The Hall–Kier alpha value is -3.36. The number of nitrogens with one attached hydrogen (secondary N) is 1. The molecule has 0 saturated heterocycles. The molecule has 1 aliphatic rings. The fourth-order valence-corrected chi connectivity index (χ4v) is 5.13. The van der Waals surface area contributed by atoms with Crippen molar-refractivity contribution in [2.45, 2.75) is 12.0 Å². The maximum absolute atomic E-state index is 13.9. The van der Waals surface area contributed by atoms with E-state index < -0.39 is 12.0 Å². The number of nitrogens with zero attached hydrogens (tertiary/aromatic N) is 1. The number of benzene rings is 2. The van der Waals surface area contributed by atoms with Gasteiger partial charge in [0.05, 0.1) is 32.8 Å². The van der Waals surface area contributed by atoms with Gasteiger partial charge in [0.15, 0.2) is 0 Å². The van der Waals surface area contributed by atoms with E-state index in [4.69, 9.17) is 14.2 Å². The second-order valence-electron chi connectivity index (χ2n) is 7.57. The minimum absolute atomic E-state index is 0.148. The van der Waals surface area contributed by atoms with Gasteiger partial charge in [-0.05, 0) is 35.7 Å². The van der Waals surface area contributed by atoms with E-state index in [1.54, 1.807) is 56.6 Å². The molecule has 2 aromatic carbocycles. The summed E-state index contributed by atoms with van der Waals surface area (Å²) in [6, 6.07) is 15.9. The third kappa shape index (κ3) is 4.44. The minimum Gasteiger partial charge on any atom is -0.497 e. The Bertz CT molecular complexity index is 1130. The van der Waals surface area contributed by atoms with Gasteiger partial charge in [0.2, 0.25) is 5.91 Å². The Morgan fingerprint density at radius 2 is 1.88 bits per heavy atom. The van der Waals surface area contributed by atoms with Crippen LogP contribution < -0.4 is 14.8 Å². The highest BCUT2D eigenvalue weighted by Gasteiger charge is 2.46. The first-order valence-electron chi connectivity index (χ1n) is 10.5. The maximum Gasteiger partial charge on any atom is 0.254 e. The molecule has 1 aromatic heterocycles. The molecule has 7 nitrogen and oxygen atoms in total. The highest BCUT2D eigenvalue weighted by Crippen LogP contribution is 2.47. The quantitative estimate of drug-likeness (QED) is 0.535. The number of rotatable bonds is 8. The minimum atomic E-state index is -0.685. The molecule has 4 rings (SSSR count). The Morgan fingerprint density at radius 1 is 1.06 bits per heavy atom. The van der Waals surface area contributed by atoms with Crippen molar-refractivity contribution in [2.75, 3.05) is 39.8 Å². The Kier molecular flexibility index (Phi) is 6.96. The zero-order chi connectivity index (χ0) is 23.4. The molecule has 2 unspecified atom stereocenters. The topological polar surface area (TPSA) is 77.1 Å². The first-order valence-corrected chi connectivity index (χ1v) is 11.4. The van der Waals surface area contributed by atoms with E-state index in [0.717, 1.165) is 4.88 Å². The Labute approximate surface area is 196 Å². The molecule has 0 aliphatic carbocycles. The number of ether oxygens (including phenoxy) is 3. The average Bonchev–Trinajstić information content (AvgIpc) is 3.37. The molecule has 2 atom stereocenters. The number of carbonyl (C=O) groups is 2. The van der Waals surface area contributed by atoms with Gasteiger partial charge >= 0.3 is 0 Å². The van der Waals surface area contributed by atoms with E-state index in [2.05, 4.69) is 5.32 Å². The van der Waals surface area contributed by atoms with Crippen LogP contribution in [0.25, 0.3) is 0 Å². The molecule has 8 heteroatoms. The number of fused-ring (bicyclic) bond motifs is 1. The van der Waals surface area contributed by atoms with E-state index in [0.29, 0.717) is 41.5 Å². The van der Waals surface area contributed by atoms with E-state index in [1.165, 1.54) is 11.3 Å². The fraction of sp³-hybridized carbons (Fsp3) is 0.280. The van der Waals surface area contributed by atoms with Gasteiger partial charge < -0.3 is 24.4 Å². The number of anilines is 1. The summed E-state index contributed by atoms with van der Waals surface area (Å²) in [6.45, 7) is 0.717. The highest BCUT2D eigenvalue weighted by atomic mass is 32.1. The van der Waals surface area contributed by atoms with Crippen LogP contribution in [0.5, 0.6) is 11.5 Å². The number of hydrogen-bond donors (Lipinski definition) is 1. The lowest BCUT2D eigenvalue weighted by atomic mass is 9.80. The number of methoxy groups -OCH3 is 3. The zero-order valence-electron chi connectivity index (χ0n) is 18.7. The number of amides is 2. The smallest absolute Gasteiger partial charge is 0.254 e. The van der Waals surface area contributed by atoms with Crippen LogP contribution in [0.3, 0.4) is 0 Å². The molecule has 1 aliphatic heterocycles. The molecular weight excluding hydrogens is 440 g/mol. The summed E-state index contributed by atoms with van der Waals surface area (Å²) in [5, 5.41) is 4.97. The van der Waals surface area contributed by atoms with Crippen LogP contribution in [0.1, 0.15) is 32.8 Å². The second kappa shape index (κ2) is 10.1.